The summed E-state index contributed by atoms with van der Waals surface area (Å²) < 4.78 is 5.27. The van der Waals surface area contributed by atoms with E-state index in [0.29, 0.717) is 24.2 Å². The van der Waals surface area contributed by atoms with Gasteiger partial charge in [0, 0.05) is 12.5 Å². The minimum Gasteiger partial charge on any atom is -0.481 e. The van der Waals surface area contributed by atoms with Crippen molar-refractivity contribution >= 4 is 11.9 Å². The van der Waals surface area contributed by atoms with Gasteiger partial charge in [-0.1, -0.05) is 32.6 Å². The van der Waals surface area contributed by atoms with Gasteiger partial charge in [0.2, 0.25) is 0 Å². The van der Waals surface area contributed by atoms with Crippen LogP contribution >= 0.6 is 0 Å². The summed E-state index contributed by atoms with van der Waals surface area (Å²) in [6.45, 7) is 1.92. The Morgan fingerprint density at radius 2 is 2.00 bits per heavy atom. The fraction of sp³-hybridized carbons (Fsp3) is 0.625. The summed E-state index contributed by atoms with van der Waals surface area (Å²) in [4.78, 5) is 23.8. The molecule has 2 atom stereocenters. The van der Waals surface area contributed by atoms with Crippen LogP contribution in [0.3, 0.4) is 0 Å². The molecule has 0 radical (unpaired) electrons. The summed E-state index contributed by atoms with van der Waals surface area (Å²) in [7, 11) is 0. The molecule has 116 valence electrons. The predicted octanol–water partition coefficient (Wildman–Crippen LogP) is 3.00. The first-order valence-electron chi connectivity index (χ1n) is 7.73. The van der Waals surface area contributed by atoms with Crippen molar-refractivity contribution in [3.05, 3.63) is 23.7 Å². The van der Waals surface area contributed by atoms with E-state index in [9.17, 15) is 14.7 Å². The van der Waals surface area contributed by atoms with Gasteiger partial charge >= 0.3 is 5.97 Å². The molecule has 1 heterocycles. The number of carboxylic acids is 1. The molecule has 2 rings (SSSR count). The number of carbonyl (C=O) groups excluding carboxylic acids is 1. The summed E-state index contributed by atoms with van der Waals surface area (Å²) in [6, 6.07) is 1.35. The highest BCUT2D eigenvalue weighted by molar-refractivity contribution is 5.95. The number of nitrogens with one attached hydrogen (secondary N) is 1. The lowest BCUT2D eigenvalue weighted by Gasteiger charge is -2.27. The molecule has 1 aromatic heterocycles. The van der Waals surface area contributed by atoms with E-state index in [1.54, 1.807) is 6.07 Å². The molecule has 2 unspecified atom stereocenters. The van der Waals surface area contributed by atoms with Gasteiger partial charge in [-0.3, -0.25) is 9.59 Å². The Balaban J connectivity index is 2.09. The van der Waals surface area contributed by atoms with Crippen LogP contribution in [-0.4, -0.2) is 23.0 Å². The molecule has 5 heteroatoms. The Labute approximate surface area is 124 Å². The number of aryl methyl sites for hydroxylation is 1. The molecule has 1 aliphatic carbocycles. The van der Waals surface area contributed by atoms with Crippen molar-refractivity contribution < 1.29 is 19.1 Å². The van der Waals surface area contributed by atoms with Crippen LogP contribution in [0.4, 0.5) is 0 Å². The maximum Gasteiger partial charge on any atom is 0.308 e. The van der Waals surface area contributed by atoms with Crippen molar-refractivity contribution in [1.82, 2.24) is 5.32 Å². The second-order valence-electron chi connectivity index (χ2n) is 5.63. The second kappa shape index (κ2) is 7.29. The first kappa shape index (κ1) is 15.6. The lowest BCUT2D eigenvalue weighted by Crippen LogP contribution is -2.44. The third-order valence-electron chi connectivity index (χ3n) is 4.21. The fourth-order valence-electron chi connectivity index (χ4n) is 3.02. The molecule has 0 bridgehead atoms. The van der Waals surface area contributed by atoms with Gasteiger partial charge in [0.15, 0.2) is 0 Å². The highest BCUT2D eigenvalue weighted by atomic mass is 16.4. The zero-order valence-corrected chi connectivity index (χ0v) is 12.4. The van der Waals surface area contributed by atoms with Crippen LogP contribution in [0, 0.1) is 5.92 Å². The third kappa shape index (κ3) is 3.86. The number of furan rings is 1. The Hall–Kier alpha value is -1.78. The van der Waals surface area contributed by atoms with Gasteiger partial charge < -0.3 is 14.8 Å². The lowest BCUT2D eigenvalue weighted by atomic mass is 9.86. The van der Waals surface area contributed by atoms with Crippen molar-refractivity contribution in [2.24, 2.45) is 5.92 Å². The SMILES string of the molecule is CCc1occc1C(=O)NC1CCCCCCC1C(=O)O. The first-order valence-corrected chi connectivity index (χ1v) is 7.73. The van der Waals surface area contributed by atoms with Gasteiger partial charge in [-0.25, -0.2) is 0 Å². The van der Waals surface area contributed by atoms with Gasteiger partial charge in [0.05, 0.1) is 17.7 Å². The number of carbonyl (C=O) groups is 2. The number of rotatable bonds is 4. The molecule has 1 amide bonds. The Morgan fingerprint density at radius 3 is 2.67 bits per heavy atom. The van der Waals surface area contributed by atoms with Crippen LogP contribution in [0.1, 0.15) is 61.6 Å². The maximum atomic E-state index is 12.4. The Bertz CT molecular complexity index is 494. The lowest BCUT2D eigenvalue weighted by molar-refractivity contribution is -0.143. The van der Waals surface area contributed by atoms with Crippen molar-refractivity contribution in [3.63, 3.8) is 0 Å². The van der Waals surface area contributed by atoms with Gasteiger partial charge in [0.25, 0.3) is 5.91 Å². The second-order valence-corrected chi connectivity index (χ2v) is 5.63. The van der Waals surface area contributed by atoms with Gasteiger partial charge in [-0.15, -0.1) is 0 Å². The average molecular weight is 293 g/mol. The highest BCUT2D eigenvalue weighted by Gasteiger charge is 2.30. The Morgan fingerprint density at radius 1 is 1.29 bits per heavy atom. The number of hydrogen-bond acceptors (Lipinski definition) is 3. The number of amides is 1. The topological polar surface area (TPSA) is 79.5 Å². The van der Waals surface area contributed by atoms with Crippen LogP contribution in [0.25, 0.3) is 0 Å². The van der Waals surface area contributed by atoms with Crippen molar-refractivity contribution in [2.45, 2.75) is 57.9 Å². The molecule has 0 spiro atoms. The van der Waals surface area contributed by atoms with Crippen LogP contribution < -0.4 is 5.32 Å². The zero-order valence-electron chi connectivity index (χ0n) is 12.4. The molecule has 0 aliphatic heterocycles. The number of aliphatic carboxylic acids is 1. The molecule has 21 heavy (non-hydrogen) atoms. The first-order chi connectivity index (χ1) is 10.1. The van der Waals surface area contributed by atoms with Crippen molar-refractivity contribution in [1.29, 1.82) is 0 Å². The van der Waals surface area contributed by atoms with Crippen molar-refractivity contribution in [3.8, 4) is 0 Å². The molecule has 0 aromatic carbocycles. The molecule has 1 saturated carbocycles. The molecular weight excluding hydrogens is 270 g/mol. The van der Waals surface area contributed by atoms with Gasteiger partial charge in [-0.05, 0) is 18.9 Å². The van der Waals surface area contributed by atoms with E-state index in [1.165, 1.54) is 6.26 Å². The molecular formula is C16H23NO4. The molecule has 2 N–H and O–H groups in total. The monoisotopic (exact) mass is 293 g/mol. The van der Waals surface area contributed by atoms with E-state index in [0.717, 1.165) is 32.1 Å². The van der Waals surface area contributed by atoms with Crippen molar-refractivity contribution in [2.75, 3.05) is 0 Å². The molecule has 0 saturated heterocycles. The quantitative estimate of drug-likeness (QED) is 0.894. The Kier molecular flexibility index (Phi) is 5.42. The third-order valence-corrected chi connectivity index (χ3v) is 4.21. The number of carboxylic acid groups (broad SMARTS) is 1. The largest absolute Gasteiger partial charge is 0.481 e. The molecule has 1 aliphatic rings. The highest BCUT2D eigenvalue weighted by Crippen LogP contribution is 2.24. The maximum absolute atomic E-state index is 12.4. The predicted molar refractivity (Wildman–Crippen MR) is 78.2 cm³/mol. The van der Waals surface area contributed by atoms with E-state index in [2.05, 4.69) is 5.32 Å². The molecule has 5 nitrogen and oxygen atoms in total. The van der Waals surface area contributed by atoms with E-state index >= 15 is 0 Å². The van der Waals surface area contributed by atoms with E-state index in [1.807, 2.05) is 6.92 Å². The van der Waals surface area contributed by atoms with Gasteiger partial charge in [-0.2, -0.15) is 0 Å². The molecule has 1 fully saturated rings. The summed E-state index contributed by atoms with van der Waals surface area (Å²) in [5, 5.41) is 12.3. The minimum atomic E-state index is -0.815. The van der Waals surface area contributed by atoms with Crippen LogP contribution in [0.2, 0.25) is 0 Å². The van der Waals surface area contributed by atoms with Crippen LogP contribution in [0.15, 0.2) is 16.7 Å². The number of hydrogen-bond donors (Lipinski definition) is 2. The summed E-state index contributed by atoms with van der Waals surface area (Å²) >= 11 is 0. The summed E-state index contributed by atoms with van der Waals surface area (Å²) in [6.07, 6.45) is 7.55. The smallest absolute Gasteiger partial charge is 0.308 e. The fourth-order valence-corrected chi connectivity index (χ4v) is 3.02. The van der Waals surface area contributed by atoms with E-state index in [-0.39, 0.29) is 11.9 Å². The minimum absolute atomic E-state index is 0.225. The standard InChI is InChI=1S/C16H23NO4/c1-2-14-12(9-10-21-14)15(18)17-13-8-6-4-3-5-7-11(13)16(19)20/h9-11,13H,2-8H2,1H3,(H,17,18)(H,19,20). The zero-order chi connectivity index (χ0) is 15.2. The molecule has 1 aromatic rings. The van der Waals surface area contributed by atoms with Gasteiger partial charge in [0.1, 0.15) is 5.76 Å². The van der Waals surface area contributed by atoms with Crippen LogP contribution in [0.5, 0.6) is 0 Å². The average Bonchev–Trinajstić information content (AvgIpc) is 2.89. The van der Waals surface area contributed by atoms with E-state index in [4.69, 9.17) is 4.42 Å². The summed E-state index contributed by atoms with van der Waals surface area (Å²) in [5.74, 6) is -0.890. The summed E-state index contributed by atoms with van der Waals surface area (Å²) in [5.41, 5.74) is 0.517. The normalized spacial score (nSPS) is 23.1. The van der Waals surface area contributed by atoms with Crippen LogP contribution in [-0.2, 0) is 11.2 Å². The van der Waals surface area contributed by atoms with E-state index < -0.39 is 11.9 Å².